The van der Waals surface area contributed by atoms with Crippen LogP contribution in [0.5, 0.6) is 11.5 Å². The first-order valence-corrected chi connectivity index (χ1v) is 13.9. The van der Waals surface area contributed by atoms with Gasteiger partial charge in [-0.3, -0.25) is 9.59 Å². The van der Waals surface area contributed by atoms with Gasteiger partial charge in [-0.25, -0.2) is 0 Å². The van der Waals surface area contributed by atoms with Gasteiger partial charge in [-0.2, -0.15) is 0 Å². The molecule has 210 valence electrons. The Morgan fingerprint density at radius 2 is 1.62 bits per heavy atom. The minimum Gasteiger partial charge on any atom is -0.507 e. The van der Waals surface area contributed by atoms with Crippen LogP contribution in [0.1, 0.15) is 49.1 Å². The highest BCUT2D eigenvalue weighted by Gasteiger charge is 2.46. The van der Waals surface area contributed by atoms with Crippen molar-refractivity contribution >= 4 is 17.4 Å². The van der Waals surface area contributed by atoms with Crippen LogP contribution in [0.15, 0.2) is 78.4 Å². The number of carbonyl (C=O) groups is 2. The highest BCUT2D eigenvalue weighted by atomic mass is 16.5. The Balaban J connectivity index is 1.69. The van der Waals surface area contributed by atoms with E-state index in [9.17, 15) is 14.7 Å². The molecule has 1 fully saturated rings. The fraction of sp³-hybridized carbons (Fsp3) is 0.333. The molecule has 1 atom stereocenters. The molecule has 0 aromatic heterocycles. The molecule has 1 amide bonds. The molecule has 1 N–H and O–H groups in total. The summed E-state index contributed by atoms with van der Waals surface area (Å²) in [6.07, 6.45) is 0. The van der Waals surface area contributed by atoms with Gasteiger partial charge in [0.15, 0.2) is 0 Å². The van der Waals surface area contributed by atoms with Crippen LogP contribution in [0.3, 0.4) is 0 Å². The molecular weight excluding hydrogens is 504 g/mol. The van der Waals surface area contributed by atoms with E-state index in [1.54, 1.807) is 23.1 Å². The Labute approximate surface area is 236 Å². The number of nitrogens with zero attached hydrogens (tertiary/aromatic N) is 2. The van der Waals surface area contributed by atoms with E-state index in [2.05, 4.69) is 18.7 Å². The second-order valence-electron chi connectivity index (χ2n) is 9.78. The zero-order valence-electron chi connectivity index (χ0n) is 23.7. The monoisotopic (exact) mass is 542 g/mol. The van der Waals surface area contributed by atoms with Gasteiger partial charge in [0.25, 0.3) is 11.7 Å². The molecule has 1 heterocycles. The quantitative estimate of drug-likeness (QED) is 0.179. The average Bonchev–Trinajstić information content (AvgIpc) is 3.23. The van der Waals surface area contributed by atoms with Crippen molar-refractivity contribution in [2.75, 3.05) is 32.8 Å². The number of aryl methyl sites for hydroxylation is 1. The minimum absolute atomic E-state index is 0.0889. The molecule has 0 unspecified atom stereocenters. The standard InChI is InChI=1S/C33H38N2O5/c1-5-34(6-2)19-20-35-30(25-13-16-27(17-14-25)39-7-3)29(32(37)33(35)38)31(36)26-15-18-28(23(4)21-26)40-22-24-11-9-8-10-12-24/h8-18,21,30,36H,5-7,19-20,22H2,1-4H3/t30-/m1/s1. The van der Waals surface area contributed by atoms with Crippen molar-refractivity contribution in [3.8, 4) is 11.5 Å². The smallest absolute Gasteiger partial charge is 0.295 e. The van der Waals surface area contributed by atoms with Crippen molar-refractivity contribution in [1.82, 2.24) is 9.80 Å². The number of Topliss-reactive ketones (excluding diaryl/α,β-unsaturated/α-hetero) is 1. The Morgan fingerprint density at radius 3 is 2.25 bits per heavy atom. The number of likely N-dealkylation sites (tertiary alicyclic amines) is 1. The van der Waals surface area contributed by atoms with Gasteiger partial charge < -0.3 is 24.4 Å². The molecule has 1 saturated heterocycles. The molecule has 0 radical (unpaired) electrons. The zero-order chi connectivity index (χ0) is 28.6. The predicted molar refractivity (Wildman–Crippen MR) is 156 cm³/mol. The van der Waals surface area contributed by atoms with E-state index in [0.717, 1.165) is 29.8 Å². The van der Waals surface area contributed by atoms with Crippen LogP contribution < -0.4 is 9.47 Å². The van der Waals surface area contributed by atoms with E-state index in [1.807, 2.05) is 68.4 Å². The van der Waals surface area contributed by atoms with Crippen molar-refractivity contribution in [3.05, 3.63) is 101 Å². The number of amides is 1. The number of hydrogen-bond donors (Lipinski definition) is 1. The average molecular weight is 543 g/mol. The number of hydrogen-bond acceptors (Lipinski definition) is 6. The summed E-state index contributed by atoms with van der Waals surface area (Å²) in [5, 5.41) is 11.5. The maximum Gasteiger partial charge on any atom is 0.295 e. The van der Waals surface area contributed by atoms with E-state index in [0.29, 0.717) is 43.4 Å². The van der Waals surface area contributed by atoms with Gasteiger partial charge in [-0.1, -0.05) is 56.3 Å². The summed E-state index contributed by atoms with van der Waals surface area (Å²) in [6, 6.07) is 21.8. The first-order chi connectivity index (χ1) is 19.4. The van der Waals surface area contributed by atoms with Crippen LogP contribution in [0.25, 0.3) is 5.76 Å². The summed E-state index contributed by atoms with van der Waals surface area (Å²) < 4.78 is 11.6. The largest absolute Gasteiger partial charge is 0.507 e. The highest BCUT2D eigenvalue weighted by molar-refractivity contribution is 6.46. The van der Waals surface area contributed by atoms with E-state index < -0.39 is 17.7 Å². The Hall–Kier alpha value is -4.10. The topological polar surface area (TPSA) is 79.3 Å². The summed E-state index contributed by atoms with van der Waals surface area (Å²) in [4.78, 5) is 30.5. The maximum absolute atomic E-state index is 13.4. The van der Waals surface area contributed by atoms with Gasteiger partial charge in [0.05, 0.1) is 18.2 Å². The lowest BCUT2D eigenvalue weighted by Crippen LogP contribution is -2.38. The lowest BCUT2D eigenvalue weighted by atomic mass is 9.94. The van der Waals surface area contributed by atoms with Crippen LogP contribution in [0, 0.1) is 6.92 Å². The predicted octanol–water partition coefficient (Wildman–Crippen LogP) is 5.74. The maximum atomic E-state index is 13.4. The SMILES string of the molecule is CCOc1ccc([C@@H]2C(=C(O)c3ccc(OCc4ccccc4)c(C)c3)C(=O)C(=O)N2CCN(CC)CC)cc1. The fourth-order valence-electron chi connectivity index (χ4n) is 5.01. The summed E-state index contributed by atoms with van der Waals surface area (Å²) in [6.45, 7) is 11.6. The Morgan fingerprint density at radius 1 is 0.925 bits per heavy atom. The van der Waals surface area contributed by atoms with Crippen LogP contribution in [0.4, 0.5) is 0 Å². The number of aliphatic hydroxyl groups excluding tert-OH is 1. The third-order valence-corrected chi connectivity index (χ3v) is 7.28. The summed E-state index contributed by atoms with van der Waals surface area (Å²) >= 11 is 0. The Kier molecular flexibility index (Phi) is 9.61. The second kappa shape index (κ2) is 13.3. The first kappa shape index (κ1) is 28.9. The molecule has 40 heavy (non-hydrogen) atoms. The summed E-state index contributed by atoms with van der Waals surface area (Å²) in [5.74, 6) is -0.0957. The minimum atomic E-state index is -0.708. The van der Waals surface area contributed by atoms with Crippen LogP contribution in [0.2, 0.25) is 0 Å². The highest BCUT2D eigenvalue weighted by Crippen LogP contribution is 2.40. The molecule has 0 spiro atoms. The van der Waals surface area contributed by atoms with Crippen molar-refractivity contribution in [3.63, 3.8) is 0 Å². The number of rotatable bonds is 12. The molecule has 7 nitrogen and oxygen atoms in total. The third kappa shape index (κ3) is 6.37. The van der Waals surface area contributed by atoms with Gasteiger partial charge in [0.2, 0.25) is 0 Å². The lowest BCUT2D eigenvalue weighted by Gasteiger charge is -2.28. The van der Waals surface area contributed by atoms with Crippen molar-refractivity contribution < 1.29 is 24.2 Å². The fourth-order valence-corrected chi connectivity index (χ4v) is 5.01. The van der Waals surface area contributed by atoms with Crippen molar-refractivity contribution in [2.24, 2.45) is 0 Å². The molecule has 0 saturated carbocycles. The van der Waals surface area contributed by atoms with Crippen molar-refractivity contribution in [1.29, 1.82) is 0 Å². The number of benzene rings is 3. The van der Waals surface area contributed by atoms with Crippen LogP contribution >= 0.6 is 0 Å². The number of likely N-dealkylation sites (N-methyl/N-ethyl adjacent to an activating group) is 1. The number of aliphatic hydroxyl groups is 1. The number of ether oxygens (including phenoxy) is 2. The Bertz CT molecular complexity index is 1350. The van der Waals surface area contributed by atoms with Gasteiger partial charge in [-0.05, 0) is 74.0 Å². The van der Waals surface area contributed by atoms with Gasteiger partial charge >= 0.3 is 0 Å². The molecule has 1 aliphatic rings. The van der Waals surface area contributed by atoms with E-state index in [-0.39, 0.29) is 11.3 Å². The summed E-state index contributed by atoms with van der Waals surface area (Å²) in [7, 11) is 0. The van der Waals surface area contributed by atoms with E-state index >= 15 is 0 Å². The zero-order valence-corrected chi connectivity index (χ0v) is 23.7. The normalized spacial score (nSPS) is 16.5. The molecule has 7 heteroatoms. The number of ketones is 1. The van der Waals surface area contributed by atoms with Crippen LogP contribution in [-0.4, -0.2) is 59.4 Å². The van der Waals surface area contributed by atoms with Gasteiger partial charge in [-0.15, -0.1) is 0 Å². The molecule has 3 aromatic rings. The third-order valence-electron chi connectivity index (χ3n) is 7.28. The molecule has 0 bridgehead atoms. The van der Waals surface area contributed by atoms with Crippen molar-refractivity contribution in [2.45, 2.75) is 40.3 Å². The molecule has 3 aromatic carbocycles. The first-order valence-electron chi connectivity index (χ1n) is 13.9. The summed E-state index contributed by atoms with van der Waals surface area (Å²) in [5.41, 5.74) is 3.15. The molecule has 4 rings (SSSR count). The van der Waals surface area contributed by atoms with Gasteiger partial charge in [0, 0.05) is 18.7 Å². The van der Waals surface area contributed by atoms with E-state index in [1.165, 1.54) is 0 Å². The number of carbonyl (C=O) groups excluding carboxylic acids is 2. The second-order valence-corrected chi connectivity index (χ2v) is 9.78. The molecular formula is C33H38N2O5. The van der Waals surface area contributed by atoms with E-state index in [4.69, 9.17) is 9.47 Å². The molecule has 1 aliphatic heterocycles. The van der Waals surface area contributed by atoms with Gasteiger partial charge in [0.1, 0.15) is 23.9 Å². The molecule has 0 aliphatic carbocycles. The van der Waals surface area contributed by atoms with Crippen LogP contribution in [-0.2, 0) is 16.2 Å². The lowest BCUT2D eigenvalue weighted by molar-refractivity contribution is -0.140.